The second kappa shape index (κ2) is 6.72. The second-order valence-corrected chi connectivity index (χ2v) is 5.47. The van der Waals surface area contributed by atoms with Crippen LogP contribution in [0.15, 0.2) is 5.38 Å². The van der Waals surface area contributed by atoms with Gasteiger partial charge in [-0.3, -0.25) is 0 Å². The maximum absolute atomic E-state index is 8.71. The molecule has 0 unspecified atom stereocenters. The molecule has 0 radical (unpaired) electrons. The first-order chi connectivity index (χ1) is 8.85. The first kappa shape index (κ1) is 13.3. The Morgan fingerprint density at radius 3 is 3.11 bits per heavy atom. The van der Waals surface area contributed by atoms with E-state index in [2.05, 4.69) is 33.6 Å². The smallest absolute Gasteiger partial charge is 0.185 e. The molecule has 18 heavy (non-hydrogen) atoms. The van der Waals surface area contributed by atoms with E-state index in [0.29, 0.717) is 12.5 Å². The van der Waals surface area contributed by atoms with E-state index in [1.807, 2.05) is 0 Å². The van der Waals surface area contributed by atoms with Crippen molar-refractivity contribution in [1.82, 2.24) is 10.3 Å². The highest BCUT2D eigenvalue weighted by atomic mass is 32.1. The zero-order valence-electron chi connectivity index (χ0n) is 10.9. The molecule has 1 heterocycles. The summed E-state index contributed by atoms with van der Waals surface area (Å²) in [5.74, 6) is 0. The fraction of sp³-hybridized carbons (Fsp3) is 0.692. The topological polar surface area (TPSA) is 52.0 Å². The van der Waals surface area contributed by atoms with Crippen molar-refractivity contribution in [3.05, 3.63) is 11.1 Å². The summed E-state index contributed by atoms with van der Waals surface area (Å²) in [5.41, 5.74) is 1.12. The van der Waals surface area contributed by atoms with Gasteiger partial charge in [-0.05, 0) is 25.8 Å². The fourth-order valence-electron chi connectivity index (χ4n) is 1.89. The van der Waals surface area contributed by atoms with Gasteiger partial charge in [0.15, 0.2) is 5.13 Å². The molecule has 2 rings (SSSR count). The SMILES string of the molecule is CCCNCc1csc(N(CCC#N)C2CC2)n1. The second-order valence-electron chi connectivity index (χ2n) is 4.63. The molecule has 0 spiro atoms. The Hall–Kier alpha value is -1.12. The number of hydrogen-bond acceptors (Lipinski definition) is 5. The van der Waals surface area contributed by atoms with E-state index in [-0.39, 0.29) is 0 Å². The molecule has 0 aromatic carbocycles. The number of nitrogens with one attached hydrogen (secondary N) is 1. The van der Waals surface area contributed by atoms with Crippen molar-refractivity contribution < 1.29 is 0 Å². The molecule has 0 amide bonds. The number of nitriles is 1. The number of rotatable bonds is 8. The average Bonchev–Trinajstić information content (AvgIpc) is 3.10. The summed E-state index contributed by atoms with van der Waals surface area (Å²) in [6.45, 7) is 4.86. The summed E-state index contributed by atoms with van der Waals surface area (Å²) in [5, 5.41) is 15.3. The van der Waals surface area contributed by atoms with Crippen molar-refractivity contribution in [3.63, 3.8) is 0 Å². The first-order valence-corrected chi connectivity index (χ1v) is 7.51. The number of anilines is 1. The summed E-state index contributed by atoms with van der Waals surface area (Å²) >= 11 is 1.70. The molecule has 1 fully saturated rings. The summed E-state index contributed by atoms with van der Waals surface area (Å²) in [7, 11) is 0. The van der Waals surface area contributed by atoms with Crippen LogP contribution in [0.25, 0.3) is 0 Å². The molecule has 1 saturated carbocycles. The van der Waals surface area contributed by atoms with Gasteiger partial charge in [0, 0.05) is 24.5 Å². The van der Waals surface area contributed by atoms with Gasteiger partial charge < -0.3 is 10.2 Å². The quantitative estimate of drug-likeness (QED) is 0.733. The summed E-state index contributed by atoms with van der Waals surface area (Å²) in [4.78, 5) is 6.97. The van der Waals surface area contributed by atoms with Crippen LogP contribution in [0, 0.1) is 11.3 Å². The number of aromatic nitrogens is 1. The normalized spacial score (nSPS) is 14.4. The van der Waals surface area contributed by atoms with E-state index in [1.165, 1.54) is 12.8 Å². The summed E-state index contributed by atoms with van der Waals surface area (Å²) in [6.07, 6.45) is 4.22. The lowest BCUT2D eigenvalue weighted by Crippen LogP contribution is -2.26. The van der Waals surface area contributed by atoms with Gasteiger partial charge in [-0.2, -0.15) is 5.26 Å². The van der Waals surface area contributed by atoms with Gasteiger partial charge >= 0.3 is 0 Å². The highest BCUT2D eigenvalue weighted by molar-refractivity contribution is 7.13. The third kappa shape index (κ3) is 3.69. The molecule has 0 saturated heterocycles. The molecule has 0 aliphatic heterocycles. The molecule has 1 aromatic rings. The van der Waals surface area contributed by atoms with Gasteiger partial charge in [0.2, 0.25) is 0 Å². The van der Waals surface area contributed by atoms with E-state index < -0.39 is 0 Å². The van der Waals surface area contributed by atoms with Crippen molar-refractivity contribution in [2.45, 2.75) is 45.2 Å². The van der Waals surface area contributed by atoms with Crippen LogP contribution < -0.4 is 10.2 Å². The lowest BCUT2D eigenvalue weighted by atomic mass is 10.4. The molecular formula is C13H20N4S. The van der Waals surface area contributed by atoms with Crippen molar-refractivity contribution >= 4 is 16.5 Å². The van der Waals surface area contributed by atoms with E-state index >= 15 is 0 Å². The predicted molar refractivity (Wildman–Crippen MR) is 74.7 cm³/mol. The van der Waals surface area contributed by atoms with Crippen LogP contribution in [0.5, 0.6) is 0 Å². The average molecular weight is 264 g/mol. The number of thiazole rings is 1. The van der Waals surface area contributed by atoms with Crippen LogP contribution in [0.1, 0.15) is 38.3 Å². The fourth-order valence-corrected chi connectivity index (χ4v) is 2.82. The van der Waals surface area contributed by atoms with Crippen LogP contribution in [0.3, 0.4) is 0 Å². The van der Waals surface area contributed by atoms with Crippen molar-refractivity contribution in [1.29, 1.82) is 5.26 Å². The number of nitrogens with zero attached hydrogens (tertiary/aromatic N) is 3. The Bertz CT molecular complexity index is 405. The molecule has 0 bridgehead atoms. The maximum atomic E-state index is 8.71. The minimum absolute atomic E-state index is 0.583. The van der Waals surface area contributed by atoms with Crippen molar-refractivity contribution in [3.8, 4) is 6.07 Å². The Morgan fingerprint density at radius 1 is 1.61 bits per heavy atom. The largest absolute Gasteiger partial charge is 0.344 e. The standard InChI is InChI=1S/C13H20N4S/c1-2-7-15-9-11-10-18-13(16-11)17(8-3-6-14)12-4-5-12/h10,12,15H,2-5,7-9H2,1H3. The highest BCUT2D eigenvalue weighted by Gasteiger charge is 2.30. The minimum atomic E-state index is 0.583. The molecular weight excluding hydrogens is 244 g/mol. The third-order valence-corrected chi connectivity index (χ3v) is 3.90. The van der Waals surface area contributed by atoms with Crippen LogP contribution in [-0.4, -0.2) is 24.1 Å². The van der Waals surface area contributed by atoms with Gasteiger partial charge in [0.25, 0.3) is 0 Å². The Morgan fingerprint density at radius 2 is 2.44 bits per heavy atom. The maximum Gasteiger partial charge on any atom is 0.185 e. The molecule has 98 valence electrons. The molecule has 4 nitrogen and oxygen atoms in total. The van der Waals surface area contributed by atoms with Gasteiger partial charge in [0.1, 0.15) is 0 Å². The van der Waals surface area contributed by atoms with Crippen molar-refractivity contribution in [2.24, 2.45) is 0 Å². The third-order valence-electron chi connectivity index (χ3n) is 2.97. The molecule has 5 heteroatoms. The zero-order chi connectivity index (χ0) is 12.8. The zero-order valence-corrected chi connectivity index (χ0v) is 11.7. The van der Waals surface area contributed by atoms with Crippen LogP contribution in [0.4, 0.5) is 5.13 Å². The summed E-state index contributed by atoms with van der Waals surface area (Å²) < 4.78 is 0. The highest BCUT2D eigenvalue weighted by Crippen LogP contribution is 2.33. The van der Waals surface area contributed by atoms with E-state index in [4.69, 9.17) is 5.26 Å². The monoisotopic (exact) mass is 264 g/mol. The Balaban J connectivity index is 1.91. The molecule has 1 aliphatic rings. The summed E-state index contributed by atoms with van der Waals surface area (Å²) in [6, 6.07) is 2.85. The van der Waals surface area contributed by atoms with Gasteiger partial charge in [0.05, 0.1) is 18.2 Å². The van der Waals surface area contributed by atoms with E-state index in [1.54, 1.807) is 11.3 Å². The van der Waals surface area contributed by atoms with Crippen molar-refractivity contribution in [2.75, 3.05) is 18.0 Å². The Labute approximate surface area is 113 Å². The molecule has 0 atom stereocenters. The number of hydrogen-bond donors (Lipinski definition) is 1. The lowest BCUT2D eigenvalue weighted by Gasteiger charge is -2.19. The van der Waals surface area contributed by atoms with E-state index in [0.717, 1.165) is 36.9 Å². The van der Waals surface area contributed by atoms with Gasteiger partial charge in [-0.15, -0.1) is 11.3 Å². The first-order valence-electron chi connectivity index (χ1n) is 6.64. The predicted octanol–water partition coefficient (Wildman–Crippen LogP) is 2.53. The van der Waals surface area contributed by atoms with Crippen LogP contribution in [-0.2, 0) is 6.54 Å². The molecule has 1 N–H and O–H groups in total. The Kier molecular flexibility index (Phi) is 4.97. The van der Waals surface area contributed by atoms with E-state index in [9.17, 15) is 0 Å². The molecule has 1 aliphatic carbocycles. The van der Waals surface area contributed by atoms with Gasteiger partial charge in [-0.1, -0.05) is 6.92 Å². The van der Waals surface area contributed by atoms with Gasteiger partial charge in [-0.25, -0.2) is 4.98 Å². The van der Waals surface area contributed by atoms with Crippen LogP contribution in [0.2, 0.25) is 0 Å². The lowest BCUT2D eigenvalue weighted by molar-refractivity contribution is 0.665. The van der Waals surface area contributed by atoms with Crippen LogP contribution >= 0.6 is 11.3 Å². The molecule has 1 aromatic heterocycles. The minimum Gasteiger partial charge on any atom is -0.344 e.